The number of aromatic nitrogens is 2. The summed E-state index contributed by atoms with van der Waals surface area (Å²) in [6.45, 7) is 4.43. The van der Waals surface area contributed by atoms with Gasteiger partial charge in [0.25, 0.3) is 0 Å². The Morgan fingerprint density at radius 2 is 2.00 bits per heavy atom. The Hall–Kier alpha value is -1.43. The first-order valence-corrected chi connectivity index (χ1v) is 7.68. The molecule has 1 amide bonds. The lowest BCUT2D eigenvalue weighted by atomic mass is 9.88. The molecule has 2 rings (SSSR count). The van der Waals surface area contributed by atoms with Crippen molar-refractivity contribution in [3.8, 4) is 0 Å². The second-order valence-corrected chi connectivity index (χ2v) is 6.70. The van der Waals surface area contributed by atoms with Crippen LogP contribution in [0.5, 0.6) is 0 Å². The molecule has 0 aromatic carbocycles. The maximum atomic E-state index is 12.4. The standard InChI is InChI=1S/C15H26N4O2/c1-15(2,14-16-12(21-18-14)10-19(3)4)17-13(20)11-8-6-5-7-9-11/h11H,5-10H2,1-4H3,(H,17,20). The smallest absolute Gasteiger partial charge is 0.240 e. The Kier molecular flexibility index (Phi) is 4.98. The highest BCUT2D eigenvalue weighted by Gasteiger charge is 2.31. The van der Waals surface area contributed by atoms with E-state index in [9.17, 15) is 4.79 Å². The molecule has 1 aliphatic carbocycles. The third-order valence-electron chi connectivity index (χ3n) is 3.89. The molecule has 0 saturated heterocycles. The normalized spacial score (nSPS) is 17.2. The van der Waals surface area contributed by atoms with E-state index in [-0.39, 0.29) is 11.8 Å². The lowest BCUT2D eigenvalue weighted by molar-refractivity contribution is -0.127. The first-order valence-electron chi connectivity index (χ1n) is 7.68. The number of amides is 1. The van der Waals surface area contributed by atoms with E-state index in [0.29, 0.717) is 18.3 Å². The topological polar surface area (TPSA) is 71.3 Å². The number of carbonyl (C=O) groups is 1. The van der Waals surface area contributed by atoms with Crippen LogP contribution in [0.2, 0.25) is 0 Å². The van der Waals surface area contributed by atoms with Crippen LogP contribution in [-0.2, 0) is 16.9 Å². The van der Waals surface area contributed by atoms with Crippen molar-refractivity contribution < 1.29 is 9.32 Å². The van der Waals surface area contributed by atoms with Crippen molar-refractivity contribution in [3.05, 3.63) is 11.7 Å². The Balaban J connectivity index is 1.99. The lowest BCUT2D eigenvalue weighted by Crippen LogP contribution is -2.45. The van der Waals surface area contributed by atoms with Crippen molar-refractivity contribution in [1.29, 1.82) is 0 Å². The molecular weight excluding hydrogens is 268 g/mol. The second-order valence-electron chi connectivity index (χ2n) is 6.70. The van der Waals surface area contributed by atoms with Crippen molar-refractivity contribution in [2.75, 3.05) is 14.1 Å². The van der Waals surface area contributed by atoms with E-state index in [0.717, 1.165) is 25.7 Å². The fourth-order valence-electron chi connectivity index (χ4n) is 2.67. The zero-order valence-corrected chi connectivity index (χ0v) is 13.5. The van der Waals surface area contributed by atoms with Crippen LogP contribution in [0.25, 0.3) is 0 Å². The lowest BCUT2D eigenvalue weighted by Gasteiger charge is -2.27. The molecule has 0 radical (unpaired) electrons. The maximum Gasteiger partial charge on any atom is 0.240 e. The summed E-state index contributed by atoms with van der Waals surface area (Å²) in [7, 11) is 3.89. The van der Waals surface area contributed by atoms with Gasteiger partial charge in [-0.05, 0) is 40.8 Å². The van der Waals surface area contributed by atoms with E-state index in [2.05, 4.69) is 15.5 Å². The Bertz CT molecular complexity index is 476. The van der Waals surface area contributed by atoms with Crippen LogP contribution in [0.3, 0.4) is 0 Å². The van der Waals surface area contributed by atoms with Gasteiger partial charge in [0.05, 0.1) is 12.1 Å². The predicted octanol–water partition coefficient (Wildman–Crippen LogP) is 2.06. The average Bonchev–Trinajstić information content (AvgIpc) is 2.88. The van der Waals surface area contributed by atoms with Crippen LogP contribution in [-0.4, -0.2) is 35.0 Å². The summed E-state index contributed by atoms with van der Waals surface area (Å²) in [5, 5.41) is 7.08. The van der Waals surface area contributed by atoms with Gasteiger partial charge in [-0.3, -0.25) is 4.79 Å². The summed E-state index contributed by atoms with van der Waals surface area (Å²) in [5.41, 5.74) is -0.609. The molecule has 0 unspecified atom stereocenters. The summed E-state index contributed by atoms with van der Waals surface area (Å²) in [4.78, 5) is 18.7. The monoisotopic (exact) mass is 294 g/mol. The molecule has 1 saturated carbocycles. The first-order chi connectivity index (χ1) is 9.88. The highest BCUT2D eigenvalue weighted by molar-refractivity contribution is 5.79. The van der Waals surface area contributed by atoms with E-state index in [4.69, 9.17) is 4.52 Å². The zero-order valence-electron chi connectivity index (χ0n) is 13.5. The van der Waals surface area contributed by atoms with Gasteiger partial charge in [-0.15, -0.1) is 0 Å². The van der Waals surface area contributed by atoms with E-state index in [1.165, 1.54) is 6.42 Å². The van der Waals surface area contributed by atoms with Crippen molar-refractivity contribution in [2.45, 2.75) is 58.0 Å². The van der Waals surface area contributed by atoms with Crippen molar-refractivity contribution in [3.63, 3.8) is 0 Å². The second kappa shape index (κ2) is 6.56. The maximum absolute atomic E-state index is 12.4. The van der Waals surface area contributed by atoms with Crippen molar-refractivity contribution in [1.82, 2.24) is 20.4 Å². The zero-order chi connectivity index (χ0) is 15.5. The molecule has 118 valence electrons. The molecule has 1 heterocycles. The highest BCUT2D eigenvalue weighted by Crippen LogP contribution is 2.25. The van der Waals surface area contributed by atoms with Gasteiger partial charge in [-0.25, -0.2) is 0 Å². The van der Waals surface area contributed by atoms with Gasteiger partial charge in [-0.1, -0.05) is 24.4 Å². The van der Waals surface area contributed by atoms with Crippen molar-refractivity contribution in [2.24, 2.45) is 5.92 Å². The van der Waals surface area contributed by atoms with Gasteiger partial charge in [0.2, 0.25) is 11.8 Å². The summed E-state index contributed by atoms with van der Waals surface area (Å²) in [6.07, 6.45) is 5.51. The first kappa shape index (κ1) is 15.9. The Morgan fingerprint density at radius 3 is 2.62 bits per heavy atom. The van der Waals surface area contributed by atoms with E-state index in [1.807, 2.05) is 32.8 Å². The minimum atomic E-state index is -0.609. The molecule has 0 spiro atoms. The molecule has 6 nitrogen and oxygen atoms in total. The highest BCUT2D eigenvalue weighted by atomic mass is 16.5. The SMILES string of the molecule is CN(C)Cc1nc(C(C)(C)NC(=O)C2CCCCC2)no1. The molecule has 1 fully saturated rings. The third kappa shape index (κ3) is 4.27. The van der Waals surface area contributed by atoms with Gasteiger partial charge in [0, 0.05) is 5.92 Å². The third-order valence-corrected chi connectivity index (χ3v) is 3.89. The van der Waals surface area contributed by atoms with Crippen molar-refractivity contribution >= 4 is 5.91 Å². The number of carbonyl (C=O) groups excluding carboxylic acids is 1. The average molecular weight is 294 g/mol. The molecule has 1 aromatic rings. The quantitative estimate of drug-likeness (QED) is 0.900. The molecule has 1 N–H and O–H groups in total. The van der Waals surface area contributed by atoms with Crippen LogP contribution in [0.1, 0.15) is 57.7 Å². The summed E-state index contributed by atoms with van der Waals surface area (Å²) in [5.74, 6) is 1.34. The summed E-state index contributed by atoms with van der Waals surface area (Å²) < 4.78 is 5.23. The van der Waals surface area contributed by atoms with Gasteiger partial charge in [0.15, 0.2) is 5.82 Å². The molecule has 6 heteroatoms. The Morgan fingerprint density at radius 1 is 1.33 bits per heavy atom. The molecular formula is C15H26N4O2. The summed E-state index contributed by atoms with van der Waals surface area (Å²) >= 11 is 0. The fraction of sp³-hybridized carbons (Fsp3) is 0.800. The minimum Gasteiger partial charge on any atom is -0.344 e. The molecule has 0 atom stereocenters. The van der Waals surface area contributed by atoms with Crippen LogP contribution in [0, 0.1) is 5.92 Å². The van der Waals surface area contributed by atoms with Gasteiger partial charge < -0.3 is 14.7 Å². The number of hydrogen-bond acceptors (Lipinski definition) is 5. The number of nitrogens with one attached hydrogen (secondary N) is 1. The van der Waals surface area contributed by atoms with Gasteiger partial charge >= 0.3 is 0 Å². The number of nitrogens with zero attached hydrogens (tertiary/aromatic N) is 3. The molecule has 1 aliphatic rings. The van der Waals surface area contributed by atoms with Crippen LogP contribution >= 0.6 is 0 Å². The molecule has 0 bridgehead atoms. The predicted molar refractivity (Wildman–Crippen MR) is 79.4 cm³/mol. The van der Waals surface area contributed by atoms with Gasteiger partial charge in [-0.2, -0.15) is 4.98 Å². The van der Waals surface area contributed by atoms with Crippen LogP contribution < -0.4 is 5.32 Å². The number of rotatable bonds is 5. The molecule has 21 heavy (non-hydrogen) atoms. The molecule has 0 aliphatic heterocycles. The Labute approximate surface area is 126 Å². The molecule has 1 aromatic heterocycles. The van der Waals surface area contributed by atoms with E-state index in [1.54, 1.807) is 0 Å². The van der Waals surface area contributed by atoms with Gasteiger partial charge in [0.1, 0.15) is 0 Å². The van der Waals surface area contributed by atoms with Crippen LogP contribution in [0.4, 0.5) is 0 Å². The fourth-order valence-corrected chi connectivity index (χ4v) is 2.67. The van der Waals surface area contributed by atoms with E-state index >= 15 is 0 Å². The van der Waals surface area contributed by atoms with E-state index < -0.39 is 5.54 Å². The van der Waals surface area contributed by atoms with Crippen LogP contribution in [0.15, 0.2) is 4.52 Å². The largest absolute Gasteiger partial charge is 0.344 e. The number of hydrogen-bond donors (Lipinski definition) is 1. The minimum absolute atomic E-state index is 0.110. The summed E-state index contributed by atoms with van der Waals surface area (Å²) in [6, 6.07) is 0.